The van der Waals surface area contributed by atoms with Crippen LogP contribution in [0.3, 0.4) is 0 Å². The summed E-state index contributed by atoms with van der Waals surface area (Å²) in [6.45, 7) is 4.22. The molecule has 2 aliphatic rings. The first-order valence-electron chi connectivity index (χ1n) is 8.84. The smallest absolute Gasteiger partial charge is 0.162 e. The molecular weight excluding hydrogens is 358 g/mol. The van der Waals surface area contributed by atoms with Gasteiger partial charge >= 0.3 is 0 Å². The number of Topliss-reactive ketones (excluding diaryl/α,β-unsaturated/α-hetero) is 1. The number of ether oxygens (including phenoxy) is 1. The maximum Gasteiger partial charge on any atom is 0.162 e. The zero-order valence-electron chi connectivity index (χ0n) is 15.6. The Labute approximate surface area is 162 Å². The number of nitriles is 1. The number of methoxy groups -OCH3 is 1. The van der Waals surface area contributed by atoms with Gasteiger partial charge in [-0.25, -0.2) is 0 Å². The summed E-state index contributed by atoms with van der Waals surface area (Å²) >= 11 is 1.36. The minimum Gasteiger partial charge on any atom is -0.497 e. The zero-order valence-corrected chi connectivity index (χ0v) is 16.4. The van der Waals surface area contributed by atoms with Gasteiger partial charge in [-0.15, -0.1) is 11.3 Å². The summed E-state index contributed by atoms with van der Waals surface area (Å²) in [5, 5.41) is 13.7. The Morgan fingerprint density at radius 1 is 1.30 bits per heavy atom. The second kappa shape index (κ2) is 6.14. The van der Waals surface area contributed by atoms with Crippen LogP contribution < -0.4 is 15.8 Å². The van der Waals surface area contributed by atoms with Gasteiger partial charge in [0.2, 0.25) is 0 Å². The maximum atomic E-state index is 13.1. The maximum absolute atomic E-state index is 13.1. The molecule has 1 aliphatic heterocycles. The van der Waals surface area contributed by atoms with Crippen molar-refractivity contribution in [2.24, 2.45) is 5.41 Å². The molecule has 0 radical (unpaired) electrons. The van der Waals surface area contributed by atoms with Crippen molar-refractivity contribution in [1.29, 1.82) is 5.26 Å². The molecule has 27 heavy (non-hydrogen) atoms. The molecule has 0 bridgehead atoms. The molecule has 3 N–H and O–H groups in total. The van der Waals surface area contributed by atoms with Gasteiger partial charge in [-0.3, -0.25) is 4.79 Å². The lowest BCUT2D eigenvalue weighted by Gasteiger charge is -2.38. The van der Waals surface area contributed by atoms with Crippen molar-refractivity contribution in [3.63, 3.8) is 0 Å². The third-order valence-corrected chi connectivity index (χ3v) is 6.34. The van der Waals surface area contributed by atoms with E-state index < -0.39 is 0 Å². The predicted molar refractivity (Wildman–Crippen MR) is 107 cm³/mol. The predicted octanol–water partition coefficient (Wildman–Crippen LogP) is 4.41. The highest BCUT2D eigenvalue weighted by Crippen LogP contribution is 2.53. The van der Waals surface area contributed by atoms with E-state index in [4.69, 9.17) is 10.5 Å². The largest absolute Gasteiger partial charge is 0.497 e. The number of fused-ring (bicyclic) bond motifs is 1. The third kappa shape index (κ3) is 2.79. The molecule has 1 aromatic carbocycles. The molecule has 0 spiro atoms. The summed E-state index contributed by atoms with van der Waals surface area (Å²) < 4.78 is 5.27. The van der Waals surface area contributed by atoms with E-state index >= 15 is 0 Å². The van der Waals surface area contributed by atoms with Crippen molar-refractivity contribution >= 4 is 27.8 Å². The second-order valence-corrected chi connectivity index (χ2v) is 8.88. The quantitative estimate of drug-likeness (QED) is 0.807. The van der Waals surface area contributed by atoms with Gasteiger partial charge in [0.15, 0.2) is 5.78 Å². The van der Waals surface area contributed by atoms with Crippen molar-refractivity contribution in [3.8, 4) is 11.8 Å². The molecule has 2 aromatic rings. The monoisotopic (exact) mass is 379 g/mol. The number of carbonyl (C=O) groups is 1. The Bertz CT molecular complexity index is 1010. The van der Waals surface area contributed by atoms with E-state index in [0.717, 1.165) is 39.6 Å². The Balaban J connectivity index is 1.94. The van der Waals surface area contributed by atoms with Gasteiger partial charge in [0.05, 0.1) is 12.8 Å². The average molecular weight is 379 g/mol. The fraction of sp³-hybridized carbons (Fsp3) is 0.333. The van der Waals surface area contributed by atoms with Crippen molar-refractivity contribution in [2.45, 2.75) is 32.6 Å². The number of allylic oxidation sites excluding steroid dienone is 2. The van der Waals surface area contributed by atoms with Gasteiger partial charge < -0.3 is 15.8 Å². The number of benzene rings is 1. The van der Waals surface area contributed by atoms with Gasteiger partial charge in [-0.1, -0.05) is 26.0 Å². The van der Waals surface area contributed by atoms with Crippen LogP contribution in [0.1, 0.15) is 48.6 Å². The van der Waals surface area contributed by atoms with Crippen LogP contribution in [-0.4, -0.2) is 12.9 Å². The lowest BCUT2D eigenvalue weighted by molar-refractivity contribution is -0.118. The molecule has 5 nitrogen and oxygen atoms in total. The number of anilines is 2. The van der Waals surface area contributed by atoms with Crippen LogP contribution in [0.25, 0.3) is 0 Å². The lowest BCUT2D eigenvalue weighted by Crippen LogP contribution is -2.33. The van der Waals surface area contributed by atoms with E-state index in [1.54, 1.807) is 7.11 Å². The number of hydrogen-bond donors (Lipinski definition) is 2. The molecule has 0 saturated carbocycles. The van der Waals surface area contributed by atoms with Crippen molar-refractivity contribution in [2.75, 3.05) is 18.2 Å². The number of carbonyl (C=O) groups excluding carboxylic acids is 1. The van der Waals surface area contributed by atoms with Gasteiger partial charge in [0, 0.05) is 29.2 Å². The standard InChI is InChI=1S/C21H21N3O2S/c1-21(2)8-13-17(14(25)9-21)16(11-4-6-12(26-3)7-5-11)18-19(23)15(10-22)27-20(18)24-13/h4-7,16,24H,8-9,23H2,1-3H3/t16-/m0/s1. The molecule has 1 aliphatic carbocycles. The Morgan fingerprint density at radius 2 is 2.00 bits per heavy atom. The highest BCUT2D eigenvalue weighted by atomic mass is 32.1. The van der Waals surface area contributed by atoms with E-state index in [1.165, 1.54) is 11.3 Å². The van der Waals surface area contributed by atoms with Crippen LogP contribution in [0.15, 0.2) is 35.5 Å². The summed E-state index contributed by atoms with van der Waals surface area (Å²) in [6.07, 6.45) is 1.30. The summed E-state index contributed by atoms with van der Waals surface area (Å²) in [4.78, 5) is 13.6. The average Bonchev–Trinajstić information content (AvgIpc) is 2.94. The first-order valence-corrected chi connectivity index (χ1v) is 9.66. The van der Waals surface area contributed by atoms with Crippen LogP contribution in [0.4, 0.5) is 10.7 Å². The van der Waals surface area contributed by atoms with Gasteiger partial charge in [0.25, 0.3) is 0 Å². The molecule has 0 unspecified atom stereocenters. The van der Waals surface area contributed by atoms with Gasteiger partial charge in [-0.2, -0.15) is 5.26 Å². The molecule has 4 rings (SSSR count). The highest BCUT2D eigenvalue weighted by Gasteiger charge is 2.42. The summed E-state index contributed by atoms with van der Waals surface area (Å²) in [5.41, 5.74) is 10.3. The summed E-state index contributed by atoms with van der Waals surface area (Å²) in [6, 6.07) is 9.91. The first-order chi connectivity index (χ1) is 12.8. The van der Waals surface area contributed by atoms with Gasteiger partial charge in [0.1, 0.15) is 21.7 Å². The third-order valence-electron chi connectivity index (χ3n) is 5.30. The van der Waals surface area contributed by atoms with E-state index in [-0.39, 0.29) is 17.1 Å². The number of nitrogens with one attached hydrogen (secondary N) is 1. The number of ketones is 1. The van der Waals surface area contributed by atoms with Crippen LogP contribution in [0, 0.1) is 16.7 Å². The number of nitrogens with zero attached hydrogens (tertiary/aromatic N) is 1. The molecule has 1 atom stereocenters. The fourth-order valence-electron chi connectivity index (χ4n) is 4.11. The Kier molecular flexibility index (Phi) is 4.01. The topological polar surface area (TPSA) is 88.1 Å². The number of nitrogens with two attached hydrogens (primary N) is 1. The van der Waals surface area contributed by atoms with Crippen LogP contribution in [0.5, 0.6) is 5.75 Å². The lowest BCUT2D eigenvalue weighted by atomic mass is 9.69. The first kappa shape index (κ1) is 17.6. The number of hydrogen-bond acceptors (Lipinski definition) is 6. The number of rotatable bonds is 2. The molecule has 0 saturated heterocycles. The highest BCUT2D eigenvalue weighted by molar-refractivity contribution is 7.17. The normalized spacial score (nSPS) is 20.4. The summed E-state index contributed by atoms with van der Waals surface area (Å²) in [5.74, 6) is 0.641. The van der Waals surface area contributed by atoms with Crippen LogP contribution in [0.2, 0.25) is 0 Å². The minimum absolute atomic E-state index is 0.0915. The SMILES string of the molecule is COc1ccc([C@H]2C3=C(CC(C)(C)CC3=O)Nc3sc(C#N)c(N)c32)cc1. The summed E-state index contributed by atoms with van der Waals surface area (Å²) in [7, 11) is 1.63. The second-order valence-electron chi connectivity index (χ2n) is 7.86. The van der Waals surface area contributed by atoms with E-state index in [9.17, 15) is 10.1 Å². The van der Waals surface area contributed by atoms with Crippen molar-refractivity contribution < 1.29 is 9.53 Å². The zero-order chi connectivity index (χ0) is 19.3. The molecule has 0 fully saturated rings. The molecule has 1 aromatic heterocycles. The van der Waals surface area contributed by atoms with E-state index in [0.29, 0.717) is 17.0 Å². The van der Waals surface area contributed by atoms with Gasteiger partial charge in [-0.05, 0) is 29.5 Å². The molecule has 0 amide bonds. The minimum atomic E-state index is -0.260. The molecule has 2 heterocycles. The number of nitrogen functional groups attached to an aromatic ring is 1. The molecule has 6 heteroatoms. The van der Waals surface area contributed by atoms with Crippen molar-refractivity contribution in [1.82, 2.24) is 0 Å². The fourth-order valence-corrected chi connectivity index (χ4v) is 5.09. The molecular formula is C21H21N3O2S. The number of thiophene rings is 1. The van der Waals surface area contributed by atoms with Crippen LogP contribution >= 0.6 is 11.3 Å². The Hall–Kier alpha value is -2.78. The van der Waals surface area contributed by atoms with Crippen LogP contribution in [-0.2, 0) is 4.79 Å². The van der Waals surface area contributed by atoms with E-state index in [2.05, 4.69) is 25.2 Å². The molecule has 138 valence electrons. The Morgan fingerprint density at radius 3 is 2.63 bits per heavy atom. The van der Waals surface area contributed by atoms with Crippen molar-refractivity contribution in [3.05, 3.63) is 51.5 Å². The van der Waals surface area contributed by atoms with E-state index in [1.807, 2.05) is 24.3 Å².